The molecule has 0 aliphatic rings. The molecule has 0 spiro atoms. The lowest BCUT2D eigenvalue weighted by molar-refractivity contribution is -0.0390. The van der Waals surface area contributed by atoms with Gasteiger partial charge in [0.2, 0.25) is 0 Å². The summed E-state index contributed by atoms with van der Waals surface area (Å²) >= 11 is 1.92. The minimum absolute atomic E-state index is 0.0624. The Bertz CT molecular complexity index is 1030. The molecule has 1 unspecified atom stereocenters. The summed E-state index contributed by atoms with van der Waals surface area (Å²) in [6.07, 6.45) is 0.804. The molecule has 0 aliphatic heterocycles. The van der Waals surface area contributed by atoms with Gasteiger partial charge in [-0.2, -0.15) is 0 Å². The molecule has 0 bridgehead atoms. The third-order valence-electron chi connectivity index (χ3n) is 4.69. The second kappa shape index (κ2) is 11.5. The van der Waals surface area contributed by atoms with Gasteiger partial charge in [-0.15, -0.1) is 0 Å². The van der Waals surface area contributed by atoms with Gasteiger partial charge in [0.15, 0.2) is 20.7 Å². The van der Waals surface area contributed by atoms with Crippen molar-refractivity contribution in [1.29, 1.82) is 0 Å². The largest absolute Gasteiger partial charge is 0.415 e. The monoisotopic (exact) mass is 592 g/mol. The van der Waals surface area contributed by atoms with E-state index in [4.69, 9.17) is 9.26 Å². The number of carbonyl (C=O) groups excluding carboxylic acids is 1. The maximum absolute atomic E-state index is 14.9. The number of rotatable bonds is 9. The van der Waals surface area contributed by atoms with E-state index in [0.717, 1.165) is 12.1 Å². The smallest absolute Gasteiger partial charge is 0.277 e. The molecular formula is C23H28F3IN2O3Si. The number of nitrogens with one attached hydrogen (secondary N) is 2. The number of hydrogen-bond acceptors (Lipinski definition) is 4. The second-order valence-electron chi connectivity index (χ2n) is 8.75. The molecule has 0 saturated heterocycles. The fraction of sp³-hybridized carbons (Fsp3) is 0.348. The third kappa shape index (κ3) is 7.29. The molecule has 5 nitrogen and oxygen atoms in total. The predicted octanol–water partition coefficient (Wildman–Crippen LogP) is 6.17. The number of amides is 1. The molecule has 0 aliphatic carbocycles. The fourth-order valence-electron chi connectivity index (χ4n) is 2.88. The van der Waals surface area contributed by atoms with Gasteiger partial charge in [0.25, 0.3) is 5.91 Å². The molecule has 1 amide bonds. The van der Waals surface area contributed by atoms with E-state index in [1.54, 1.807) is 6.07 Å². The van der Waals surface area contributed by atoms with Gasteiger partial charge in [-0.05, 0) is 65.4 Å². The molecule has 2 N–H and O–H groups in total. The molecular weight excluding hydrogens is 564 g/mol. The Kier molecular flexibility index (Phi) is 9.53. The van der Waals surface area contributed by atoms with Crippen LogP contribution >= 0.6 is 22.6 Å². The number of hydrogen-bond donors (Lipinski definition) is 2. The lowest BCUT2D eigenvalue weighted by Crippen LogP contribution is -2.39. The number of anilines is 2. The topological polar surface area (TPSA) is 59.6 Å². The standard InChI is InChI=1S/C23H28F3IN2O3Si/c1-7-13-10-15(22(30)29-31-12-18(23(2,3)4)32-33(5)6)21(20(26)19(13)25)28-17-9-8-14(27)11-16(17)24/h7-11,18,28,33H,1,12H2,2-6H3,(H,29,30). The third-order valence-corrected chi connectivity index (χ3v) is 6.24. The van der Waals surface area contributed by atoms with Gasteiger partial charge >= 0.3 is 0 Å². The summed E-state index contributed by atoms with van der Waals surface area (Å²) in [6.45, 7) is 13.5. The van der Waals surface area contributed by atoms with Crippen LogP contribution in [-0.2, 0) is 9.26 Å². The Morgan fingerprint density at radius 2 is 1.88 bits per heavy atom. The second-order valence-corrected chi connectivity index (χ2v) is 12.4. The average Bonchev–Trinajstić information content (AvgIpc) is 2.71. The predicted molar refractivity (Wildman–Crippen MR) is 135 cm³/mol. The lowest BCUT2D eigenvalue weighted by atomic mass is 9.90. The Balaban J connectivity index is 2.32. The number of halogens is 4. The highest BCUT2D eigenvalue weighted by molar-refractivity contribution is 14.1. The van der Waals surface area contributed by atoms with Crippen LogP contribution in [0.5, 0.6) is 0 Å². The molecule has 2 rings (SSSR count). The number of carbonyl (C=O) groups is 1. The van der Waals surface area contributed by atoms with Gasteiger partial charge in [-0.1, -0.05) is 33.4 Å². The van der Waals surface area contributed by atoms with Gasteiger partial charge in [0.1, 0.15) is 12.4 Å². The summed E-state index contributed by atoms with van der Waals surface area (Å²) in [5.74, 6) is -4.06. The van der Waals surface area contributed by atoms with E-state index in [1.165, 1.54) is 12.1 Å². The summed E-state index contributed by atoms with van der Waals surface area (Å²) in [6, 6.07) is 5.31. The molecule has 2 aromatic carbocycles. The van der Waals surface area contributed by atoms with Crippen LogP contribution in [-0.4, -0.2) is 27.7 Å². The molecule has 0 aromatic heterocycles. The lowest BCUT2D eigenvalue weighted by Gasteiger charge is -2.32. The van der Waals surface area contributed by atoms with Crippen LogP contribution < -0.4 is 10.8 Å². The zero-order chi connectivity index (χ0) is 24.9. The van der Waals surface area contributed by atoms with E-state index in [2.05, 4.69) is 17.4 Å². The minimum atomic E-state index is -1.38. The molecule has 0 fully saturated rings. The number of hydroxylamine groups is 1. The summed E-state index contributed by atoms with van der Waals surface area (Å²) in [4.78, 5) is 18.2. The zero-order valence-electron chi connectivity index (χ0n) is 19.2. The Morgan fingerprint density at radius 3 is 2.42 bits per heavy atom. The highest BCUT2D eigenvalue weighted by Crippen LogP contribution is 2.31. The van der Waals surface area contributed by atoms with Crippen LogP contribution in [0, 0.1) is 26.4 Å². The molecule has 1 atom stereocenters. The van der Waals surface area contributed by atoms with Crippen molar-refractivity contribution in [3.05, 3.63) is 63.0 Å². The molecule has 33 heavy (non-hydrogen) atoms. The maximum Gasteiger partial charge on any atom is 0.277 e. The molecule has 180 valence electrons. The Morgan fingerprint density at radius 1 is 1.21 bits per heavy atom. The minimum Gasteiger partial charge on any atom is -0.415 e. The highest BCUT2D eigenvalue weighted by Gasteiger charge is 2.28. The summed E-state index contributed by atoms with van der Waals surface area (Å²) in [5.41, 5.74) is 0.906. The van der Waals surface area contributed by atoms with E-state index in [1.807, 2.05) is 56.5 Å². The van der Waals surface area contributed by atoms with Crippen molar-refractivity contribution in [2.45, 2.75) is 40.0 Å². The van der Waals surface area contributed by atoms with Crippen LogP contribution in [0.25, 0.3) is 6.08 Å². The van der Waals surface area contributed by atoms with Crippen LogP contribution in [0.4, 0.5) is 24.5 Å². The van der Waals surface area contributed by atoms with Gasteiger partial charge in [0, 0.05) is 9.13 Å². The Labute approximate surface area is 207 Å². The van der Waals surface area contributed by atoms with E-state index in [-0.39, 0.29) is 34.9 Å². The van der Waals surface area contributed by atoms with E-state index < -0.39 is 38.1 Å². The molecule has 0 radical (unpaired) electrons. The first-order valence-electron chi connectivity index (χ1n) is 10.3. The summed E-state index contributed by atoms with van der Waals surface area (Å²) in [7, 11) is -1.38. The first-order chi connectivity index (χ1) is 15.3. The van der Waals surface area contributed by atoms with Crippen LogP contribution in [0.2, 0.25) is 13.1 Å². The van der Waals surface area contributed by atoms with Crippen LogP contribution in [0.15, 0.2) is 30.8 Å². The fourth-order valence-corrected chi connectivity index (χ4v) is 4.48. The molecule has 10 heteroatoms. The molecule has 2 aromatic rings. The average molecular weight is 592 g/mol. The van der Waals surface area contributed by atoms with Gasteiger partial charge in [-0.3, -0.25) is 9.63 Å². The summed E-state index contributed by atoms with van der Waals surface area (Å²) in [5, 5.41) is 2.50. The van der Waals surface area contributed by atoms with Crippen molar-refractivity contribution in [2.24, 2.45) is 5.41 Å². The Hall–Kier alpha value is -1.89. The molecule has 0 saturated carbocycles. The number of benzene rings is 2. The van der Waals surface area contributed by atoms with Crippen LogP contribution in [0.1, 0.15) is 36.7 Å². The van der Waals surface area contributed by atoms with E-state index in [9.17, 15) is 18.0 Å². The van der Waals surface area contributed by atoms with Crippen molar-refractivity contribution in [3.63, 3.8) is 0 Å². The first kappa shape index (κ1) is 27.4. The maximum atomic E-state index is 14.9. The normalized spacial score (nSPS) is 12.5. The van der Waals surface area contributed by atoms with Gasteiger partial charge < -0.3 is 9.74 Å². The van der Waals surface area contributed by atoms with Crippen LogP contribution in [0.3, 0.4) is 0 Å². The SMILES string of the molecule is C=Cc1cc(C(=O)NOCC(O[SiH](C)C)C(C)(C)C)c(Nc2ccc(I)cc2F)c(F)c1F. The summed E-state index contributed by atoms with van der Waals surface area (Å²) < 4.78 is 50.2. The van der Waals surface area contributed by atoms with Crippen molar-refractivity contribution < 1.29 is 27.2 Å². The zero-order valence-corrected chi connectivity index (χ0v) is 22.5. The van der Waals surface area contributed by atoms with Crippen molar-refractivity contribution in [2.75, 3.05) is 11.9 Å². The quantitative estimate of drug-likeness (QED) is 0.208. The van der Waals surface area contributed by atoms with E-state index in [0.29, 0.717) is 3.57 Å². The van der Waals surface area contributed by atoms with Gasteiger partial charge in [0.05, 0.1) is 23.0 Å². The van der Waals surface area contributed by atoms with E-state index >= 15 is 0 Å². The first-order valence-corrected chi connectivity index (χ1v) is 14.1. The highest BCUT2D eigenvalue weighted by atomic mass is 127. The van der Waals surface area contributed by atoms with Crippen molar-refractivity contribution >= 4 is 55.0 Å². The van der Waals surface area contributed by atoms with Crippen molar-refractivity contribution in [1.82, 2.24) is 5.48 Å². The van der Waals surface area contributed by atoms with Crippen molar-refractivity contribution in [3.8, 4) is 0 Å². The molecule has 0 heterocycles. The van der Waals surface area contributed by atoms with Gasteiger partial charge in [-0.25, -0.2) is 18.7 Å².